The normalized spacial score (nSPS) is 11.0. The van der Waals surface area contributed by atoms with E-state index in [0.29, 0.717) is 12.5 Å². The molecular formula is C16H20FN3O. The summed E-state index contributed by atoms with van der Waals surface area (Å²) < 4.78 is 14.7. The van der Waals surface area contributed by atoms with E-state index in [1.165, 1.54) is 18.8 Å². The van der Waals surface area contributed by atoms with Gasteiger partial charge in [0.25, 0.3) is 5.91 Å². The molecule has 1 N–H and O–H groups in total. The second kappa shape index (κ2) is 6.08. The molecule has 0 aliphatic carbocycles. The van der Waals surface area contributed by atoms with Crippen molar-refractivity contribution in [3.8, 4) is 0 Å². The third-order valence-electron chi connectivity index (χ3n) is 3.47. The minimum atomic E-state index is -0.624. The molecule has 1 heterocycles. The number of hydrogen-bond donors (Lipinski definition) is 1. The first-order chi connectivity index (χ1) is 9.90. The molecule has 5 heteroatoms. The molecule has 0 atom stereocenters. The SMILES string of the molecule is Cc1ccc(C(C)C)c(CNC(=O)c2cnn(C)c2F)c1. The highest BCUT2D eigenvalue weighted by molar-refractivity contribution is 5.93. The maximum atomic E-state index is 13.6. The standard InChI is InChI=1S/C16H20FN3O/c1-10(2)13-6-5-11(3)7-12(13)8-18-16(21)14-9-19-20(4)15(14)17/h5-7,9-10H,8H2,1-4H3,(H,18,21). The molecule has 1 amide bonds. The van der Waals surface area contributed by atoms with Gasteiger partial charge in [-0.3, -0.25) is 4.79 Å². The lowest BCUT2D eigenvalue weighted by molar-refractivity contribution is 0.0946. The lowest BCUT2D eigenvalue weighted by Crippen LogP contribution is -2.24. The van der Waals surface area contributed by atoms with Gasteiger partial charge in [0.05, 0.1) is 6.20 Å². The predicted octanol–water partition coefficient (Wildman–Crippen LogP) is 2.92. The zero-order valence-corrected chi connectivity index (χ0v) is 12.8. The zero-order valence-electron chi connectivity index (χ0n) is 12.8. The second-order valence-electron chi connectivity index (χ2n) is 5.51. The number of aryl methyl sites for hydroxylation is 2. The first-order valence-corrected chi connectivity index (χ1v) is 6.95. The van der Waals surface area contributed by atoms with E-state index in [2.05, 4.69) is 42.5 Å². The van der Waals surface area contributed by atoms with Crippen LogP contribution in [0, 0.1) is 12.9 Å². The average Bonchev–Trinajstić information content (AvgIpc) is 2.76. The van der Waals surface area contributed by atoms with Crippen molar-refractivity contribution in [1.29, 1.82) is 0 Å². The third-order valence-corrected chi connectivity index (χ3v) is 3.47. The number of aromatic nitrogens is 2. The minimum absolute atomic E-state index is 0.0312. The Morgan fingerprint density at radius 1 is 1.43 bits per heavy atom. The lowest BCUT2D eigenvalue weighted by atomic mass is 9.95. The largest absolute Gasteiger partial charge is 0.348 e. The number of nitrogens with zero attached hydrogens (tertiary/aromatic N) is 2. The number of halogens is 1. The lowest BCUT2D eigenvalue weighted by Gasteiger charge is -2.14. The van der Waals surface area contributed by atoms with E-state index in [1.54, 1.807) is 0 Å². The van der Waals surface area contributed by atoms with Gasteiger partial charge in [-0.25, -0.2) is 4.68 Å². The highest BCUT2D eigenvalue weighted by Gasteiger charge is 2.16. The van der Waals surface area contributed by atoms with Gasteiger partial charge in [0, 0.05) is 13.6 Å². The Balaban J connectivity index is 2.15. The van der Waals surface area contributed by atoms with Crippen LogP contribution < -0.4 is 5.32 Å². The van der Waals surface area contributed by atoms with Crippen molar-refractivity contribution in [1.82, 2.24) is 15.1 Å². The fourth-order valence-corrected chi connectivity index (χ4v) is 2.30. The van der Waals surface area contributed by atoms with E-state index in [-0.39, 0.29) is 5.56 Å². The Morgan fingerprint density at radius 2 is 2.14 bits per heavy atom. The molecule has 0 aliphatic heterocycles. The van der Waals surface area contributed by atoms with E-state index in [0.717, 1.165) is 15.8 Å². The summed E-state index contributed by atoms with van der Waals surface area (Å²) in [4.78, 5) is 12.0. The number of carbonyl (C=O) groups is 1. The van der Waals surface area contributed by atoms with Gasteiger partial charge in [0.15, 0.2) is 0 Å². The second-order valence-corrected chi connectivity index (χ2v) is 5.51. The Hall–Kier alpha value is -2.17. The number of nitrogens with one attached hydrogen (secondary N) is 1. The van der Waals surface area contributed by atoms with Crippen LogP contribution in [0.3, 0.4) is 0 Å². The number of carbonyl (C=O) groups excluding carboxylic acids is 1. The van der Waals surface area contributed by atoms with E-state index in [1.807, 2.05) is 6.92 Å². The molecule has 2 rings (SSSR count). The van der Waals surface area contributed by atoms with Gasteiger partial charge in [-0.2, -0.15) is 9.49 Å². The van der Waals surface area contributed by atoms with Crippen LogP contribution in [0.15, 0.2) is 24.4 Å². The van der Waals surface area contributed by atoms with Gasteiger partial charge in [0.1, 0.15) is 5.56 Å². The van der Waals surface area contributed by atoms with Crippen molar-refractivity contribution < 1.29 is 9.18 Å². The van der Waals surface area contributed by atoms with Crippen LogP contribution in [0.4, 0.5) is 4.39 Å². The third kappa shape index (κ3) is 3.29. The number of amides is 1. The minimum Gasteiger partial charge on any atom is -0.348 e. The summed E-state index contributed by atoms with van der Waals surface area (Å²) in [5, 5.41) is 6.49. The molecule has 0 bridgehead atoms. The zero-order chi connectivity index (χ0) is 15.6. The molecule has 0 unspecified atom stereocenters. The summed E-state index contributed by atoms with van der Waals surface area (Å²) in [6.07, 6.45) is 1.24. The summed E-state index contributed by atoms with van der Waals surface area (Å²) in [6, 6.07) is 6.18. The van der Waals surface area contributed by atoms with E-state index in [9.17, 15) is 9.18 Å². The van der Waals surface area contributed by atoms with Crippen LogP contribution in [-0.2, 0) is 13.6 Å². The topological polar surface area (TPSA) is 46.9 Å². The fraction of sp³-hybridized carbons (Fsp3) is 0.375. The first kappa shape index (κ1) is 15.2. The number of benzene rings is 1. The Kier molecular flexibility index (Phi) is 4.40. The van der Waals surface area contributed by atoms with E-state index >= 15 is 0 Å². The monoisotopic (exact) mass is 289 g/mol. The van der Waals surface area contributed by atoms with Crippen molar-refractivity contribution >= 4 is 5.91 Å². The molecular weight excluding hydrogens is 269 g/mol. The summed E-state index contributed by atoms with van der Waals surface area (Å²) in [5.41, 5.74) is 3.35. The number of hydrogen-bond acceptors (Lipinski definition) is 2. The molecule has 4 nitrogen and oxygen atoms in total. The Bertz CT molecular complexity index is 662. The van der Waals surface area contributed by atoms with Gasteiger partial charge >= 0.3 is 0 Å². The molecule has 0 radical (unpaired) electrons. The van der Waals surface area contributed by atoms with Crippen molar-refractivity contribution in [2.75, 3.05) is 0 Å². The molecule has 0 fully saturated rings. The molecule has 0 saturated carbocycles. The molecule has 1 aromatic heterocycles. The average molecular weight is 289 g/mol. The smallest absolute Gasteiger partial charge is 0.257 e. The molecule has 0 spiro atoms. The van der Waals surface area contributed by atoms with E-state index in [4.69, 9.17) is 0 Å². The predicted molar refractivity (Wildman–Crippen MR) is 79.6 cm³/mol. The molecule has 2 aromatic rings. The first-order valence-electron chi connectivity index (χ1n) is 6.95. The van der Waals surface area contributed by atoms with Crippen LogP contribution in [0.25, 0.3) is 0 Å². The fourth-order valence-electron chi connectivity index (χ4n) is 2.30. The highest BCUT2D eigenvalue weighted by Crippen LogP contribution is 2.20. The highest BCUT2D eigenvalue weighted by atomic mass is 19.1. The quantitative estimate of drug-likeness (QED) is 0.940. The maximum absolute atomic E-state index is 13.6. The van der Waals surface area contributed by atoms with Crippen LogP contribution in [0.1, 0.15) is 46.8 Å². The van der Waals surface area contributed by atoms with Crippen LogP contribution in [-0.4, -0.2) is 15.7 Å². The number of rotatable bonds is 4. The summed E-state index contributed by atoms with van der Waals surface area (Å²) in [6.45, 7) is 6.60. The molecule has 0 saturated heterocycles. The Morgan fingerprint density at radius 3 is 2.71 bits per heavy atom. The van der Waals surface area contributed by atoms with Crippen molar-refractivity contribution in [3.05, 3.63) is 52.6 Å². The Labute approximate surface area is 124 Å². The maximum Gasteiger partial charge on any atom is 0.257 e. The van der Waals surface area contributed by atoms with Crippen molar-refractivity contribution in [2.45, 2.75) is 33.2 Å². The van der Waals surface area contributed by atoms with Crippen LogP contribution >= 0.6 is 0 Å². The van der Waals surface area contributed by atoms with Gasteiger partial charge in [-0.05, 0) is 24.0 Å². The molecule has 112 valence electrons. The molecule has 21 heavy (non-hydrogen) atoms. The van der Waals surface area contributed by atoms with E-state index < -0.39 is 11.9 Å². The van der Waals surface area contributed by atoms with Gasteiger partial charge in [-0.15, -0.1) is 0 Å². The van der Waals surface area contributed by atoms with Crippen LogP contribution in [0.5, 0.6) is 0 Å². The summed E-state index contributed by atoms with van der Waals surface area (Å²) in [7, 11) is 1.46. The van der Waals surface area contributed by atoms with Crippen molar-refractivity contribution in [2.24, 2.45) is 7.05 Å². The van der Waals surface area contributed by atoms with Crippen molar-refractivity contribution in [3.63, 3.8) is 0 Å². The van der Waals surface area contributed by atoms with Gasteiger partial charge < -0.3 is 5.32 Å². The molecule has 0 aliphatic rings. The van der Waals surface area contributed by atoms with Gasteiger partial charge in [-0.1, -0.05) is 37.6 Å². The van der Waals surface area contributed by atoms with Crippen LogP contribution in [0.2, 0.25) is 0 Å². The molecule has 1 aromatic carbocycles. The summed E-state index contributed by atoms with van der Waals surface area (Å²) >= 11 is 0. The van der Waals surface area contributed by atoms with Gasteiger partial charge in [0.2, 0.25) is 5.95 Å². The summed E-state index contributed by atoms with van der Waals surface area (Å²) in [5.74, 6) is -0.703.